The van der Waals surface area contributed by atoms with Gasteiger partial charge >= 0.3 is 0 Å². The highest BCUT2D eigenvalue weighted by Gasteiger charge is 2.37. The summed E-state index contributed by atoms with van der Waals surface area (Å²) in [6, 6.07) is 2.40. The van der Waals surface area contributed by atoms with Crippen LogP contribution in [0.5, 0.6) is 0 Å². The van der Waals surface area contributed by atoms with Crippen LogP contribution in [0, 0.1) is 15.9 Å². The third kappa shape index (κ3) is 3.20. The molecule has 2 rings (SSSR count). The number of non-ortho nitro benzene ring substituents is 1. The van der Waals surface area contributed by atoms with Gasteiger partial charge in [-0.2, -0.15) is 4.31 Å². The summed E-state index contributed by atoms with van der Waals surface area (Å²) >= 11 is 0. The molecule has 116 valence electrons. The zero-order valence-electron chi connectivity index (χ0n) is 11.3. The van der Waals surface area contributed by atoms with Crippen LogP contribution in [-0.2, 0) is 10.0 Å². The van der Waals surface area contributed by atoms with Crippen molar-refractivity contribution in [3.05, 3.63) is 34.1 Å². The molecule has 0 bridgehead atoms. The van der Waals surface area contributed by atoms with E-state index in [1.807, 2.05) is 0 Å². The van der Waals surface area contributed by atoms with Crippen LogP contribution in [0.4, 0.5) is 10.1 Å². The lowest BCUT2D eigenvalue weighted by Gasteiger charge is -2.35. The molecule has 0 spiro atoms. The predicted molar refractivity (Wildman–Crippen MR) is 71.7 cm³/mol. The van der Waals surface area contributed by atoms with Gasteiger partial charge in [-0.1, -0.05) is 0 Å². The van der Waals surface area contributed by atoms with Crippen LogP contribution < -0.4 is 0 Å². The van der Waals surface area contributed by atoms with E-state index in [1.54, 1.807) is 0 Å². The standard InChI is InChI=1S/C12H15FN2O5S/c1-12(16)5-2-6-14(8-12)21(19,20)11-4-3-9(15(17)18)7-10(11)13/h3-4,7,16H,2,5-6,8H2,1H3. The number of nitro groups is 1. The third-order valence-electron chi connectivity index (χ3n) is 3.38. The van der Waals surface area contributed by atoms with Gasteiger partial charge in [0.05, 0.1) is 16.6 Å². The molecule has 0 amide bonds. The van der Waals surface area contributed by atoms with E-state index in [4.69, 9.17) is 0 Å². The zero-order valence-corrected chi connectivity index (χ0v) is 12.1. The molecular weight excluding hydrogens is 303 g/mol. The molecule has 0 saturated carbocycles. The number of hydrogen-bond acceptors (Lipinski definition) is 5. The molecule has 0 radical (unpaired) electrons. The molecule has 1 fully saturated rings. The Morgan fingerprint density at radius 1 is 1.48 bits per heavy atom. The average molecular weight is 318 g/mol. The number of aliphatic hydroxyl groups is 1. The van der Waals surface area contributed by atoms with Crippen LogP contribution in [0.3, 0.4) is 0 Å². The Kier molecular flexibility index (Phi) is 4.00. The zero-order chi connectivity index (χ0) is 15.8. The Balaban J connectivity index is 2.38. The first-order chi connectivity index (χ1) is 9.63. The molecule has 21 heavy (non-hydrogen) atoms. The molecule has 1 atom stereocenters. The number of nitrogens with zero attached hydrogens (tertiary/aromatic N) is 2. The monoisotopic (exact) mass is 318 g/mol. The molecule has 1 aliphatic heterocycles. The van der Waals surface area contributed by atoms with E-state index < -0.39 is 36.9 Å². The summed E-state index contributed by atoms with van der Waals surface area (Å²) in [7, 11) is -4.13. The number of halogens is 1. The fraction of sp³-hybridized carbons (Fsp3) is 0.500. The number of benzene rings is 1. The molecule has 0 aromatic heterocycles. The molecule has 1 heterocycles. The third-order valence-corrected chi connectivity index (χ3v) is 5.26. The topological polar surface area (TPSA) is 101 Å². The van der Waals surface area contributed by atoms with E-state index in [9.17, 15) is 28.0 Å². The Labute approximate surface area is 121 Å². The quantitative estimate of drug-likeness (QED) is 0.668. The van der Waals surface area contributed by atoms with Crippen molar-refractivity contribution >= 4 is 15.7 Å². The van der Waals surface area contributed by atoms with Crippen LogP contribution >= 0.6 is 0 Å². The highest BCUT2D eigenvalue weighted by molar-refractivity contribution is 7.89. The molecule has 1 aromatic rings. The molecular formula is C12H15FN2O5S. The maximum Gasteiger partial charge on any atom is 0.272 e. The molecule has 1 N–H and O–H groups in total. The number of piperidine rings is 1. The number of hydrogen-bond donors (Lipinski definition) is 1. The summed E-state index contributed by atoms with van der Waals surface area (Å²) in [5, 5.41) is 20.5. The van der Waals surface area contributed by atoms with Gasteiger partial charge in [-0.25, -0.2) is 12.8 Å². The second-order valence-corrected chi connectivity index (χ2v) is 7.22. The van der Waals surface area contributed by atoms with Crippen LogP contribution in [0.1, 0.15) is 19.8 Å². The van der Waals surface area contributed by atoms with Gasteiger partial charge in [0.2, 0.25) is 10.0 Å². The van der Waals surface area contributed by atoms with Gasteiger partial charge in [0.15, 0.2) is 0 Å². The molecule has 7 nitrogen and oxygen atoms in total. The molecule has 1 saturated heterocycles. The summed E-state index contributed by atoms with van der Waals surface area (Å²) in [6.07, 6.45) is 0.919. The molecule has 1 unspecified atom stereocenters. The first-order valence-electron chi connectivity index (χ1n) is 6.30. The highest BCUT2D eigenvalue weighted by Crippen LogP contribution is 2.28. The summed E-state index contributed by atoms with van der Waals surface area (Å²) < 4.78 is 39.6. The van der Waals surface area contributed by atoms with Gasteiger partial charge < -0.3 is 5.11 Å². The van der Waals surface area contributed by atoms with E-state index in [1.165, 1.54) is 6.92 Å². The number of nitro benzene ring substituents is 1. The summed E-state index contributed by atoms with van der Waals surface area (Å²) in [5.41, 5.74) is -1.68. The van der Waals surface area contributed by atoms with Crippen LogP contribution in [0.2, 0.25) is 0 Å². The smallest absolute Gasteiger partial charge is 0.272 e. The number of rotatable bonds is 3. The minimum atomic E-state index is -4.13. The lowest BCUT2D eigenvalue weighted by molar-refractivity contribution is -0.385. The van der Waals surface area contributed by atoms with Crippen molar-refractivity contribution in [2.45, 2.75) is 30.3 Å². The van der Waals surface area contributed by atoms with Crippen molar-refractivity contribution in [2.75, 3.05) is 13.1 Å². The Morgan fingerprint density at radius 3 is 2.67 bits per heavy atom. The predicted octanol–water partition coefficient (Wildman–Crippen LogP) is 1.27. The van der Waals surface area contributed by atoms with Crippen molar-refractivity contribution in [3.8, 4) is 0 Å². The van der Waals surface area contributed by atoms with Gasteiger partial charge in [0.1, 0.15) is 10.7 Å². The fourth-order valence-corrected chi connectivity index (χ4v) is 3.97. The molecule has 0 aliphatic carbocycles. The minimum absolute atomic E-state index is 0.133. The van der Waals surface area contributed by atoms with Gasteiger partial charge in [-0.3, -0.25) is 10.1 Å². The largest absolute Gasteiger partial charge is 0.389 e. The first-order valence-corrected chi connectivity index (χ1v) is 7.74. The Hall–Kier alpha value is -1.58. The van der Waals surface area contributed by atoms with Crippen LogP contribution in [0.15, 0.2) is 23.1 Å². The summed E-state index contributed by atoms with van der Waals surface area (Å²) in [4.78, 5) is 9.13. The lowest BCUT2D eigenvalue weighted by atomic mass is 9.97. The maximum absolute atomic E-state index is 13.9. The van der Waals surface area contributed by atoms with Crippen molar-refractivity contribution in [2.24, 2.45) is 0 Å². The molecule has 9 heteroatoms. The Morgan fingerprint density at radius 2 is 2.14 bits per heavy atom. The van der Waals surface area contributed by atoms with Crippen LogP contribution in [-0.4, -0.2) is 41.4 Å². The normalized spacial score (nSPS) is 24.0. The Bertz CT molecular complexity index is 674. The van der Waals surface area contributed by atoms with Crippen molar-refractivity contribution < 1.29 is 22.8 Å². The van der Waals surface area contributed by atoms with Crippen LogP contribution in [0.25, 0.3) is 0 Å². The molecule has 1 aromatic carbocycles. The van der Waals surface area contributed by atoms with E-state index in [-0.39, 0.29) is 13.1 Å². The van der Waals surface area contributed by atoms with E-state index >= 15 is 0 Å². The van der Waals surface area contributed by atoms with Gasteiger partial charge in [0.25, 0.3) is 5.69 Å². The lowest BCUT2D eigenvalue weighted by Crippen LogP contribution is -2.48. The second kappa shape index (κ2) is 5.32. The summed E-state index contributed by atoms with van der Waals surface area (Å²) in [6.45, 7) is 1.56. The number of sulfonamides is 1. The molecule has 1 aliphatic rings. The second-order valence-electron chi connectivity index (χ2n) is 5.31. The summed E-state index contributed by atoms with van der Waals surface area (Å²) in [5.74, 6) is -1.17. The van der Waals surface area contributed by atoms with Gasteiger partial charge in [0, 0.05) is 19.2 Å². The van der Waals surface area contributed by atoms with Crippen molar-refractivity contribution in [3.63, 3.8) is 0 Å². The highest BCUT2D eigenvalue weighted by atomic mass is 32.2. The van der Waals surface area contributed by atoms with Crippen molar-refractivity contribution in [1.82, 2.24) is 4.31 Å². The van der Waals surface area contributed by atoms with E-state index in [0.717, 1.165) is 16.4 Å². The fourth-order valence-electron chi connectivity index (χ4n) is 2.33. The van der Waals surface area contributed by atoms with E-state index in [2.05, 4.69) is 0 Å². The first kappa shape index (κ1) is 15.8. The average Bonchev–Trinajstić information content (AvgIpc) is 2.36. The minimum Gasteiger partial charge on any atom is -0.389 e. The number of β-amino-alcohol motifs (C(OH)–C–C–N with tert-alkyl or cyclic N) is 1. The SMILES string of the molecule is CC1(O)CCCN(S(=O)(=O)c2ccc([N+](=O)[O-])cc2F)C1. The van der Waals surface area contributed by atoms with Gasteiger partial charge in [-0.15, -0.1) is 0 Å². The van der Waals surface area contributed by atoms with Gasteiger partial charge in [-0.05, 0) is 25.8 Å². The maximum atomic E-state index is 13.9. The van der Waals surface area contributed by atoms with E-state index in [0.29, 0.717) is 18.9 Å². The van der Waals surface area contributed by atoms with Crippen molar-refractivity contribution in [1.29, 1.82) is 0 Å².